The highest BCUT2D eigenvalue weighted by Crippen LogP contribution is 2.44. The number of amides is 1. The van der Waals surface area contributed by atoms with Gasteiger partial charge in [-0.1, -0.05) is 37.3 Å². The number of hydrogen-bond donors (Lipinski definition) is 2. The number of Topliss-reactive ketones (excluding diaryl/α,β-unsaturated/α-hetero) is 1. The number of ketones is 1. The molecule has 0 saturated carbocycles. The smallest absolute Gasteiger partial charge is 0.300 e. The maximum Gasteiger partial charge on any atom is 0.300 e. The van der Waals surface area contributed by atoms with Gasteiger partial charge in [-0.2, -0.15) is 0 Å². The highest BCUT2D eigenvalue weighted by Gasteiger charge is 2.47. The van der Waals surface area contributed by atoms with Crippen molar-refractivity contribution in [3.8, 4) is 11.5 Å². The molecule has 2 N–H and O–H groups in total. The van der Waals surface area contributed by atoms with Crippen molar-refractivity contribution in [3.63, 3.8) is 0 Å². The molecule has 6 nitrogen and oxygen atoms in total. The van der Waals surface area contributed by atoms with Gasteiger partial charge in [0.1, 0.15) is 17.3 Å². The summed E-state index contributed by atoms with van der Waals surface area (Å²) in [4.78, 5) is 28.0. The van der Waals surface area contributed by atoms with Gasteiger partial charge in [-0.3, -0.25) is 14.5 Å². The third-order valence-corrected chi connectivity index (χ3v) is 6.15. The Morgan fingerprint density at radius 3 is 2.24 bits per heavy atom. The second-order valence-corrected chi connectivity index (χ2v) is 8.44. The van der Waals surface area contributed by atoms with E-state index in [-0.39, 0.29) is 17.1 Å². The second kappa shape index (κ2) is 9.06. The Morgan fingerprint density at radius 2 is 1.65 bits per heavy atom. The molecular formula is C28H27NO5. The SMILES string of the molecule is CCc1ccc(N2C(=O)C(=O)/C(=C(/O)c3cc(C)cc(C)c3OC)C2c2ccc(O)cc2)cc1. The average Bonchev–Trinajstić information content (AvgIpc) is 3.09. The summed E-state index contributed by atoms with van der Waals surface area (Å²) in [6.45, 7) is 5.78. The molecule has 1 saturated heterocycles. The van der Waals surface area contributed by atoms with Crippen LogP contribution < -0.4 is 9.64 Å². The maximum absolute atomic E-state index is 13.3. The first-order valence-corrected chi connectivity index (χ1v) is 11.1. The second-order valence-electron chi connectivity index (χ2n) is 8.44. The highest BCUT2D eigenvalue weighted by molar-refractivity contribution is 6.51. The normalized spacial score (nSPS) is 17.3. The molecule has 0 spiro atoms. The molecule has 6 heteroatoms. The van der Waals surface area contributed by atoms with E-state index in [9.17, 15) is 19.8 Å². The number of methoxy groups -OCH3 is 1. The molecule has 1 aliphatic rings. The summed E-state index contributed by atoms with van der Waals surface area (Å²) in [7, 11) is 1.50. The molecule has 0 radical (unpaired) electrons. The van der Waals surface area contributed by atoms with E-state index in [1.807, 2.05) is 39.0 Å². The van der Waals surface area contributed by atoms with Gasteiger partial charge in [-0.25, -0.2) is 0 Å². The van der Waals surface area contributed by atoms with Gasteiger partial charge in [-0.15, -0.1) is 0 Å². The number of anilines is 1. The summed E-state index contributed by atoms with van der Waals surface area (Å²) < 4.78 is 5.53. The molecule has 1 heterocycles. The van der Waals surface area contributed by atoms with E-state index in [1.54, 1.807) is 30.3 Å². The third kappa shape index (κ3) is 3.92. The van der Waals surface area contributed by atoms with Crippen LogP contribution in [-0.4, -0.2) is 29.0 Å². The molecule has 0 bridgehead atoms. The number of nitrogens with zero attached hydrogens (tertiary/aromatic N) is 1. The number of hydrogen-bond acceptors (Lipinski definition) is 5. The van der Waals surface area contributed by atoms with Crippen molar-refractivity contribution in [1.29, 1.82) is 0 Å². The van der Waals surface area contributed by atoms with Crippen LogP contribution in [0, 0.1) is 13.8 Å². The number of phenols is 1. The summed E-state index contributed by atoms with van der Waals surface area (Å²) in [5.41, 5.74) is 4.23. The van der Waals surface area contributed by atoms with Crippen molar-refractivity contribution in [2.75, 3.05) is 12.0 Å². The van der Waals surface area contributed by atoms with Crippen LogP contribution in [0.5, 0.6) is 11.5 Å². The molecule has 0 aliphatic carbocycles. The van der Waals surface area contributed by atoms with Crippen LogP contribution in [0.3, 0.4) is 0 Å². The van der Waals surface area contributed by atoms with E-state index in [0.717, 1.165) is 23.1 Å². The van der Waals surface area contributed by atoms with Crippen molar-refractivity contribution in [3.05, 3.63) is 94.1 Å². The number of aliphatic hydroxyl groups excluding tert-OH is 1. The average molecular weight is 458 g/mol. The standard InChI is InChI=1S/C28H27NO5/c1-5-18-6-10-20(11-7-18)29-24(19-8-12-21(30)13-9-19)23(26(32)28(29)33)25(31)22-15-16(2)14-17(3)27(22)34-4/h6-15,24,30-31H,5H2,1-4H3/b25-23+. The Labute approximate surface area is 198 Å². The predicted octanol–water partition coefficient (Wildman–Crippen LogP) is 5.21. The molecule has 1 unspecified atom stereocenters. The Morgan fingerprint density at radius 1 is 1.00 bits per heavy atom. The highest BCUT2D eigenvalue weighted by atomic mass is 16.5. The van der Waals surface area contributed by atoms with Crippen LogP contribution in [0.4, 0.5) is 5.69 Å². The van der Waals surface area contributed by atoms with Crippen LogP contribution in [0.15, 0.2) is 66.2 Å². The zero-order chi connectivity index (χ0) is 24.6. The summed E-state index contributed by atoms with van der Waals surface area (Å²) in [6.07, 6.45) is 0.840. The number of rotatable bonds is 5. The largest absolute Gasteiger partial charge is 0.508 e. The summed E-state index contributed by atoms with van der Waals surface area (Å²) in [5, 5.41) is 21.3. The first kappa shape index (κ1) is 23.1. The van der Waals surface area contributed by atoms with Crippen LogP contribution >= 0.6 is 0 Å². The van der Waals surface area contributed by atoms with Crippen LogP contribution in [0.25, 0.3) is 5.76 Å². The van der Waals surface area contributed by atoms with Gasteiger partial charge in [0.25, 0.3) is 11.7 Å². The summed E-state index contributed by atoms with van der Waals surface area (Å²) in [6, 6.07) is 16.5. The fourth-order valence-corrected chi connectivity index (χ4v) is 4.51. The lowest BCUT2D eigenvalue weighted by Crippen LogP contribution is -2.29. The molecule has 3 aromatic carbocycles. The van der Waals surface area contributed by atoms with E-state index in [4.69, 9.17) is 4.74 Å². The molecule has 0 aromatic heterocycles. The van der Waals surface area contributed by atoms with E-state index in [2.05, 4.69) is 0 Å². The predicted molar refractivity (Wildman–Crippen MR) is 131 cm³/mol. The molecule has 1 atom stereocenters. The number of carbonyl (C=O) groups excluding carboxylic acids is 2. The summed E-state index contributed by atoms with van der Waals surface area (Å²) >= 11 is 0. The number of ether oxygens (including phenoxy) is 1. The molecule has 1 fully saturated rings. The van der Waals surface area contributed by atoms with Crippen LogP contribution in [0.2, 0.25) is 0 Å². The van der Waals surface area contributed by atoms with E-state index in [1.165, 1.54) is 24.1 Å². The van der Waals surface area contributed by atoms with E-state index >= 15 is 0 Å². The van der Waals surface area contributed by atoms with Gasteiger partial charge in [0.05, 0.1) is 24.3 Å². The molecule has 1 amide bonds. The zero-order valence-electron chi connectivity index (χ0n) is 19.6. The Bertz CT molecular complexity index is 1290. The van der Waals surface area contributed by atoms with Crippen molar-refractivity contribution in [1.82, 2.24) is 0 Å². The van der Waals surface area contributed by atoms with Crippen molar-refractivity contribution >= 4 is 23.1 Å². The van der Waals surface area contributed by atoms with Gasteiger partial charge in [0.2, 0.25) is 0 Å². The number of phenolic OH excluding ortho intramolecular Hbond substituents is 1. The van der Waals surface area contributed by atoms with Gasteiger partial charge < -0.3 is 14.9 Å². The van der Waals surface area contributed by atoms with Gasteiger partial charge >= 0.3 is 0 Å². The molecular weight excluding hydrogens is 430 g/mol. The van der Waals surface area contributed by atoms with Gasteiger partial charge in [0, 0.05) is 5.69 Å². The number of carbonyl (C=O) groups is 2. The number of benzene rings is 3. The zero-order valence-corrected chi connectivity index (χ0v) is 19.6. The fourth-order valence-electron chi connectivity index (χ4n) is 4.51. The minimum Gasteiger partial charge on any atom is -0.508 e. The van der Waals surface area contributed by atoms with Crippen LogP contribution in [-0.2, 0) is 16.0 Å². The van der Waals surface area contributed by atoms with Crippen molar-refractivity contribution in [2.45, 2.75) is 33.2 Å². The Balaban J connectivity index is 1.98. The fraction of sp³-hybridized carbons (Fsp3) is 0.214. The van der Waals surface area contributed by atoms with E-state index < -0.39 is 17.7 Å². The molecule has 4 rings (SSSR count). The minimum atomic E-state index is -0.876. The molecule has 174 valence electrons. The lowest BCUT2D eigenvalue weighted by Gasteiger charge is -2.26. The monoisotopic (exact) mass is 457 g/mol. The summed E-state index contributed by atoms with van der Waals surface area (Å²) in [5.74, 6) is -1.31. The van der Waals surface area contributed by atoms with Crippen LogP contribution in [0.1, 0.15) is 40.8 Å². The minimum absolute atomic E-state index is 0.0291. The van der Waals surface area contributed by atoms with Gasteiger partial charge in [0.15, 0.2) is 0 Å². The first-order chi connectivity index (χ1) is 16.3. The van der Waals surface area contributed by atoms with Crippen molar-refractivity contribution in [2.24, 2.45) is 0 Å². The maximum atomic E-state index is 13.3. The number of aryl methyl sites for hydroxylation is 3. The van der Waals surface area contributed by atoms with Crippen molar-refractivity contribution < 1.29 is 24.5 Å². The van der Waals surface area contributed by atoms with E-state index in [0.29, 0.717) is 22.6 Å². The lowest BCUT2D eigenvalue weighted by molar-refractivity contribution is -0.132. The van der Waals surface area contributed by atoms with Gasteiger partial charge in [-0.05, 0) is 72.9 Å². The molecule has 1 aliphatic heterocycles. The number of aromatic hydroxyl groups is 1. The Kier molecular flexibility index (Phi) is 6.16. The Hall–Kier alpha value is -4.06. The molecule has 34 heavy (non-hydrogen) atoms. The quantitative estimate of drug-likeness (QED) is 0.312. The lowest BCUT2D eigenvalue weighted by atomic mass is 9.93. The topological polar surface area (TPSA) is 87.1 Å². The molecule has 3 aromatic rings. The first-order valence-electron chi connectivity index (χ1n) is 11.1. The number of aliphatic hydroxyl groups is 1. The third-order valence-electron chi connectivity index (χ3n) is 6.15.